The number of nitrogens with two attached hydrogens (primary N) is 1. The Bertz CT molecular complexity index is 468. The molecule has 1 aliphatic heterocycles. The topological polar surface area (TPSA) is 49.5 Å². The molecule has 1 saturated carbocycles. The highest BCUT2D eigenvalue weighted by Crippen LogP contribution is 2.38. The summed E-state index contributed by atoms with van der Waals surface area (Å²) < 4.78 is 13.2. The van der Waals surface area contributed by atoms with Crippen molar-refractivity contribution in [1.29, 1.82) is 0 Å². The minimum absolute atomic E-state index is 0.109. The first-order valence-electron chi connectivity index (χ1n) is 7.55. The number of nitrogens with zero attached hydrogens (tertiary/aromatic N) is 1. The van der Waals surface area contributed by atoms with Gasteiger partial charge in [0.1, 0.15) is 5.82 Å². The number of hydrogen-bond donors (Lipinski definition) is 2. The van der Waals surface area contributed by atoms with Gasteiger partial charge in [-0.25, -0.2) is 4.39 Å². The van der Waals surface area contributed by atoms with Crippen LogP contribution in [0.5, 0.6) is 0 Å². The molecule has 110 valence electrons. The Balaban J connectivity index is 1.50. The first-order chi connectivity index (χ1) is 9.63. The van der Waals surface area contributed by atoms with E-state index < -0.39 is 0 Å². The lowest BCUT2D eigenvalue weighted by Crippen LogP contribution is -2.28. The third kappa shape index (κ3) is 2.87. The van der Waals surface area contributed by atoms with Crippen LogP contribution in [0.15, 0.2) is 24.3 Å². The fourth-order valence-electron chi connectivity index (χ4n) is 3.74. The lowest BCUT2D eigenvalue weighted by Gasteiger charge is -2.20. The van der Waals surface area contributed by atoms with Crippen molar-refractivity contribution >= 4 is 0 Å². The summed E-state index contributed by atoms with van der Waals surface area (Å²) in [7, 11) is 0. The predicted molar refractivity (Wildman–Crippen MR) is 76.6 cm³/mol. The fraction of sp³-hybridized carbons (Fsp3) is 0.625. The maximum Gasteiger partial charge on any atom is 0.123 e. The quantitative estimate of drug-likeness (QED) is 0.884. The summed E-state index contributed by atoms with van der Waals surface area (Å²) in [6.45, 7) is 3.00. The molecule has 1 aromatic rings. The van der Waals surface area contributed by atoms with E-state index in [2.05, 4.69) is 4.90 Å². The van der Waals surface area contributed by atoms with Gasteiger partial charge in [0.15, 0.2) is 0 Å². The first kappa shape index (κ1) is 14.0. The van der Waals surface area contributed by atoms with Crippen LogP contribution in [-0.2, 0) is 0 Å². The van der Waals surface area contributed by atoms with Crippen LogP contribution >= 0.6 is 0 Å². The van der Waals surface area contributed by atoms with Gasteiger partial charge in [-0.05, 0) is 49.4 Å². The highest BCUT2D eigenvalue weighted by molar-refractivity contribution is 5.19. The molecule has 0 radical (unpaired) electrons. The van der Waals surface area contributed by atoms with Gasteiger partial charge in [-0.2, -0.15) is 0 Å². The highest BCUT2D eigenvalue weighted by Gasteiger charge is 2.41. The number of fused-ring (bicyclic) bond motifs is 1. The Hall–Kier alpha value is -0.970. The molecule has 0 amide bonds. The van der Waals surface area contributed by atoms with Gasteiger partial charge >= 0.3 is 0 Å². The van der Waals surface area contributed by atoms with Crippen molar-refractivity contribution in [3.05, 3.63) is 35.6 Å². The molecule has 20 heavy (non-hydrogen) atoms. The van der Waals surface area contributed by atoms with Crippen LogP contribution in [0.3, 0.4) is 0 Å². The van der Waals surface area contributed by atoms with Crippen LogP contribution in [0.1, 0.15) is 30.9 Å². The van der Waals surface area contributed by atoms with Crippen LogP contribution in [0.4, 0.5) is 4.39 Å². The Morgan fingerprint density at radius 1 is 1.35 bits per heavy atom. The number of halogens is 1. The zero-order valence-electron chi connectivity index (χ0n) is 11.7. The normalized spacial score (nSPS) is 31.4. The van der Waals surface area contributed by atoms with Gasteiger partial charge < -0.3 is 15.7 Å². The lowest BCUT2D eigenvalue weighted by molar-refractivity contribution is 0.124. The average Bonchev–Trinajstić information content (AvgIpc) is 2.98. The molecule has 3 nitrogen and oxygen atoms in total. The van der Waals surface area contributed by atoms with Gasteiger partial charge in [0.05, 0.1) is 6.10 Å². The molecule has 4 unspecified atom stereocenters. The van der Waals surface area contributed by atoms with Gasteiger partial charge in [-0.1, -0.05) is 12.1 Å². The summed E-state index contributed by atoms with van der Waals surface area (Å²) >= 11 is 0. The molecule has 2 fully saturated rings. The first-order valence-corrected chi connectivity index (χ1v) is 7.55. The summed E-state index contributed by atoms with van der Waals surface area (Å²) in [5.74, 6) is 0.896. The third-order valence-electron chi connectivity index (χ3n) is 4.93. The van der Waals surface area contributed by atoms with E-state index in [1.54, 1.807) is 6.07 Å². The second kappa shape index (κ2) is 5.80. The Kier molecular flexibility index (Phi) is 4.06. The van der Waals surface area contributed by atoms with E-state index in [0.717, 1.165) is 44.5 Å². The van der Waals surface area contributed by atoms with Crippen molar-refractivity contribution < 1.29 is 9.50 Å². The second-order valence-corrected chi connectivity index (χ2v) is 6.28. The largest absolute Gasteiger partial charge is 0.393 e. The van der Waals surface area contributed by atoms with E-state index in [1.165, 1.54) is 12.1 Å². The molecule has 0 aromatic heterocycles. The summed E-state index contributed by atoms with van der Waals surface area (Å²) in [6.07, 6.45) is 2.84. The Morgan fingerprint density at radius 2 is 2.20 bits per heavy atom. The number of benzene rings is 1. The standard InChI is InChI=1S/C16H23FN2O/c17-13-3-1-2-11(8-13)15(18)6-7-19-9-12-4-5-16(20)14(12)10-19/h1-3,8,12,14-16,20H,4-7,9-10,18H2. The number of rotatable bonds is 4. The van der Waals surface area contributed by atoms with Crippen molar-refractivity contribution in [3.8, 4) is 0 Å². The van der Waals surface area contributed by atoms with Gasteiger partial charge in [0, 0.05) is 25.0 Å². The predicted octanol–water partition coefficient (Wildman–Crippen LogP) is 1.92. The minimum Gasteiger partial charge on any atom is -0.393 e. The monoisotopic (exact) mass is 278 g/mol. The molecule has 1 heterocycles. The van der Waals surface area contributed by atoms with Crippen LogP contribution in [-0.4, -0.2) is 35.7 Å². The number of likely N-dealkylation sites (tertiary alicyclic amines) is 1. The van der Waals surface area contributed by atoms with Crippen LogP contribution in [0.25, 0.3) is 0 Å². The second-order valence-electron chi connectivity index (χ2n) is 6.28. The SMILES string of the molecule is NC(CCN1CC2CCC(O)C2C1)c1cccc(F)c1. The summed E-state index contributed by atoms with van der Waals surface area (Å²) in [5.41, 5.74) is 7.01. The van der Waals surface area contributed by atoms with Gasteiger partial charge in [-0.15, -0.1) is 0 Å². The molecule has 4 heteroatoms. The Morgan fingerprint density at radius 3 is 2.95 bits per heavy atom. The van der Waals surface area contributed by atoms with Crippen LogP contribution < -0.4 is 5.73 Å². The lowest BCUT2D eigenvalue weighted by atomic mass is 10.00. The summed E-state index contributed by atoms with van der Waals surface area (Å²) in [6, 6.07) is 6.44. The molecule has 1 saturated heterocycles. The molecule has 1 aliphatic carbocycles. The van der Waals surface area contributed by atoms with Gasteiger partial charge in [-0.3, -0.25) is 0 Å². The molecule has 1 aromatic carbocycles. The van der Waals surface area contributed by atoms with E-state index in [1.807, 2.05) is 6.07 Å². The molecule has 2 aliphatic rings. The van der Waals surface area contributed by atoms with E-state index in [9.17, 15) is 9.50 Å². The van der Waals surface area contributed by atoms with Crippen molar-refractivity contribution in [2.45, 2.75) is 31.4 Å². The van der Waals surface area contributed by atoms with E-state index >= 15 is 0 Å². The minimum atomic E-state index is -0.225. The van der Waals surface area contributed by atoms with Crippen molar-refractivity contribution in [1.82, 2.24) is 4.90 Å². The maximum absolute atomic E-state index is 13.2. The zero-order chi connectivity index (χ0) is 14.1. The number of aliphatic hydroxyl groups excluding tert-OH is 1. The average molecular weight is 278 g/mol. The summed E-state index contributed by atoms with van der Waals surface area (Å²) in [4.78, 5) is 2.40. The molecular weight excluding hydrogens is 255 g/mol. The van der Waals surface area contributed by atoms with E-state index in [-0.39, 0.29) is 18.0 Å². The third-order valence-corrected chi connectivity index (χ3v) is 4.93. The number of hydrogen-bond acceptors (Lipinski definition) is 3. The molecule has 3 N–H and O–H groups in total. The highest BCUT2D eigenvalue weighted by atomic mass is 19.1. The van der Waals surface area contributed by atoms with E-state index in [4.69, 9.17) is 5.73 Å². The van der Waals surface area contributed by atoms with Crippen LogP contribution in [0.2, 0.25) is 0 Å². The zero-order valence-corrected chi connectivity index (χ0v) is 11.7. The van der Waals surface area contributed by atoms with Crippen molar-refractivity contribution in [2.75, 3.05) is 19.6 Å². The Labute approximate surface area is 119 Å². The maximum atomic E-state index is 13.2. The van der Waals surface area contributed by atoms with E-state index in [0.29, 0.717) is 11.8 Å². The molecule has 0 spiro atoms. The van der Waals surface area contributed by atoms with Gasteiger partial charge in [0.2, 0.25) is 0 Å². The smallest absolute Gasteiger partial charge is 0.123 e. The molecular formula is C16H23FN2O. The fourth-order valence-corrected chi connectivity index (χ4v) is 3.74. The van der Waals surface area contributed by atoms with Crippen LogP contribution in [0, 0.1) is 17.7 Å². The molecule has 0 bridgehead atoms. The number of aliphatic hydroxyl groups is 1. The summed E-state index contributed by atoms with van der Waals surface area (Å²) in [5, 5.41) is 9.91. The molecule has 4 atom stereocenters. The van der Waals surface area contributed by atoms with Gasteiger partial charge in [0.25, 0.3) is 0 Å². The van der Waals surface area contributed by atoms with Crippen molar-refractivity contribution in [3.63, 3.8) is 0 Å². The molecule has 3 rings (SSSR count). The van der Waals surface area contributed by atoms with Crippen molar-refractivity contribution in [2.24, 2.45) is 17.6 Å².